The monoisotopic (exact) mass is 517 g/mol. The van der Waals surface area contributed by atoms with Crippen LogP contribution < -0.4 is 16.4 Å². The quantitative estimate of drug-likeness (QED) is 0.193. The Bertz CT molecular complexity index is 1180. The molecule has 0 aliphatic carbocycles. The molecule has 1 saturated heterocycles. The second-order valence-electron chi connectivity index (χ2n) is 9.08. The number of carbonyl (C=O) groups excluding carboxylic acids is 3. The number of para-hydroxylation sites is 1. The predicted molar refractivity (Wildman–Crippen MR) is 130 cm³/mol. The van der Waals surface area contributed by atoms with Gasteiger partial charge in [0.25, 0.3) is 0 Å². The van der Waals surface area contributed by atoms with Gasteiger partial charge in [0.05, 0.1) is 18.6 Å². The minimum absolute atomic E-state index is 0.0437. The average Bonchev–Trinajstić information content (AvgIpc) is 3.48. The van der Waals surface area contributed by atoms with Crippen molar-refractivity contribution < 1.29 is 39.3 Å². The number of amides is 3. The number of nitrogens with zero attached hydrogens (tertiary/aromatic N) is 1. The third-order valence-corrected chi connectivity index (χ3v) is 6.33. The zero-order valence-electron chi connectivity index (χ0n) is 20.2. The van der Waals surface area contributed by atoms with E-state index in [1.807, 2.05) is 18.2 Å². The number of aromatic amines is 1. The molecule has 1 aliphatic heterocycles. The smallest absolute Gasteiger partial charge is 0.326 e. The van der Waals surface area contributed by atoms with Gasteiger partial charge < -0.3 is 41.6 Å². The molecule has 5 unspecified atom stereocenters. The fourth-order valence-electron chi connectivity index (χ4n) is 4.43. The van der Waals surface area contributed by atoms with E-state index in [-0.39, 0.29) is 19.4 Å². The molecule has 2 heterocycles. The van der Waals surface area contributed by atoms with E-state index in [1.165, 1.54) is 6.92 Å². The van der Waals surface area contributed by atoms with Crippen LogP contribution >= 0.6 is 0 Å². The fourth-order valence-corrected chi connectivity index (χ4v) is 4.43. The fraction of sp³-hybridized carbons (Fsp3) is 0.458. The summed E-state index contributed by atoms with van der Waals surface area (Å²) in [5.41, 5.74) is 7.14. The van der Waals surface area contributed by atoms with Gasteiger partial charge in [-0.05, 0) is 31.4 Å². The Kier molecular flexibility index (Phi) is 8.84. The van der Waals surface area contributed by atoms with Crippen LogP contribution in [0.3, 0.4) is 0 Å². The first kappa shape index (κ1) is 27.6. The van der Waals surface area contributed by atoms with E-state index in [0.717, 1.165) is 15.8 Å². The highest BCUT2D eigenvalue weighted by Crippen LogP contribution is 2.20. The summed E-state index contributed by atoms with van der Waals surface area (Å²) in [4.78, 5) is 65.5. The Morgan fingerprint density at radius 3 is 2.51 bits per heavy atom. The summed E-state index contributed by atoms with van der Waals surface area (Å²) < 4.78 is 0. The predicted octanol–water partition coefficient (Wildman–Crippen LogP) is -1.06. The molecule has 37 heavy (non-hydrogen) atoms. The molecule has 5 atom stereocenters. The maximum atomic E-state index is 13.0. The maximum Gasteiger partial charge on any atom is 0.326 e. The van der Waals surface area contributed by atoms with E-state index in [1.54, 1.807) is 12.3 Å². The number of carboxylic acid groups (broad SMARTS) is 2. The molecule has 0 bridgehead atoms. The van der Waals surface area contributed by atoms with Crippen molar-refractivity contribution in [1.29, 1.82) is 0 Å². The maximum absolute atomic E-state index is 13.0. The van der Waals surface area contributed by atoms with E-state index in [9.17, 15) is 34.2 Å². The Hall–Kier alpha value is -3.97. The summed E-state index contributed by atoms with van der Waals surface area (Å²) in [6.07, 6.45) is 0.339. The van der Waals surface area contributed by atoms with Crippen molar-refractivity contribution in [3.05, 3.63) is 36.0 Å². The van der Waals surface area contributed by atoms with Gasteiger partial charge in [0, 0.05) is 30.1 Å². The van der Waals surface area contributed by atoms with Gasteiger partial charge in [0.2, 0.25) is 17.7 Å². The van der Waals surface area contributed by atoms with Crippen LogP contribution in [0, 0.1) is 0 Å². The van der Waals surface area contributed by atoms with Crippen molar-refractivity contribution in [3.8, 4) is 0 Å². The summed E-state index contributed by atoms with van der Waals surface area (Å²) in [5.74, 6) is -4.91. The van der Waals surface area contributed by atoms with Gasteiger partial charge in [0.1, 0.15) is 18.1 Å². The van der Waals surface area contributed by atoms with Gasteiger partial charge in [-0.25, -0.2) is 4.79 Å². The molecule has 3 amide bonds. The molecule has 200 valence electrons. The van der Waals surface area contributed by atoms with Gasteiger partial charge in [-0.1, -0.05) is 18.2 Å². The van der Waals surface area contributed by atoms with Gasteiger partial charge >= 0.3 is 11.9 Å². The van der Waals surface area contributed by atoms with Crippen LogP contribution in [0.5, 0.6) is 0 Å². The number of nitrogens with one attached hydrogen (secondary N) is 3. The number of aliphatic hydroxyl groups excluding tert-OH is 1. The average molecular weight is 518 g/mol. The minimum atomic E-state index is -1.50. The van der Waals surface area contributed by atoms with Crippen LogP contribution in [0.2, 0.25) is 0 Å². The van der Waals surface area contributed by atoms with Crippen molar-refractivity contribution in [3.63, 3.8) is 0 Å². The molecule has 13 nitrogen and oxygen atoms in total. The Balaban J connectivity index is 1.69. The number of benzene rings is 1. The zero-order chi connectivity index (χ0) is 27.3. The van der Waals surface area contributed by atoms with Crippen molar-refractivity contribution >= 4 is 40.6 Å². The lowest BCUT2D eigenvalue weighted by molar-refractivity contribution is -0.145. The number of carboxylic acids is 2. The van der Waals surface area contributed by atoms with Crippen LogP contribution in [-0.4, -0.2) is 91.7 Å². The van der Waals surface area contributed by atoms with E-state index in [0.29, 0.717) is 12.0 Å². The third kappa shape index (κ3) is 6.62. The summed E-state index contributed by atoms with van der Waals surface area (Å²) in [6, 6.07) is 2.10. The number of likely N-dealkylation sites (tertiary alicyclic amines) is 1. The minimum Gasteiger partial charge on any atom is -0.481 e. The van der Waals surface area contributed by atoms with E-state index < -0.39 is 66.4 Å². The molecule has 8 N–H and O–H groups in total. The summed E-state index contributed by atoms with van der Waals surface area (Å²) in [7, 11) is 0. The second-order valence-corrected chi connectivity index (χ2v) is 9.08. The Labute approximate surface area is 212 Å². The number of hydrogen-bond donors (Lipinski definition) is 7. The first-order valence-corrected chi connectivity index (χ1v) is 11.8. The highest BCUT2D eigenvalue weighted by molar-refractivity contribution is 5.95. The Morgan fingerprint density at radius 2 is 1.86 bits per heavy atom. The molecular weight excluding hydrogens is 486 g/mol. The number of hydrogen-bond acceptors (Lipinski definition) is 7. The topological polar surface area (TPSA) is 215 Å². The van der Waals surface area contributed by atoms with Gasteiger partial charge in [-0.3, -0.25) is 19.2 Å². The SMILES string of the molecule is CC(O)C(NC(=O)C1CCCN1C(=O)C(N)CC(=O)O)C(=O)NC(Cc1c[nH]c2ccccc12)C(=O)O. The lowest BCUT2D eigenvalue weighted by Crippen LogP contribution is -2.59. The molecule has 1 fully saturated rings. The number of nitrogens with two attached hydrogens (primary N) is 1. The van der Waals surface area contributed by atoms with Crippen molar-refractivity contribution in [2.24, 2.45) is 5.73 Å². The normalized spacial score (nSPS) is 18.6. The lowest BCUT2D eigenvalue weighted by atomic mass is 10.0. The van der Waals surface area contributed by atoms with Crippen LogP contribution in [0.4, 0.5) is 0 Å². The second kappa shape index (κ2) is 11.8. The highest BCUT2D eigenvalue weighted by Gasteiger charge is 2.39. The molecule has 1 aromatic heterocycles. The molecule has 0 saturated carbocycles. The van der Waals surface area contributed by atoms with Gasteiger partial charge in [0.15, 0.2) is 0 Å². The van der Waals surface area contributed by atoms with Gasteiger partial charge in [-0.15, -0.1) is 0 Å². The van der Waals surface area contributed by atoms with Crippen LogP contribution in [0.25, 0.3) is 10.9 Å². The van der Waals surface area contributed by atoms with Crippen molar-refractivity contribution in [2.75, 3.05) is 6.54 Å². The van der Waals surface area contributed by atoms with Crippen LogP contribution in [-0.2, 0) is 30.4 Å². The molecule has 0 radical (unpaired) electrons. The van der Waals surface area contributed by atoms with Crippen molar-refractivity contribution in [2.45, 2.75) is 62.9 Å². The summed E-state index contributed by atoms with van der Waals surface area (Å²) in [6.45, 7) is 1.45. The van der Waals surface area contributed by atoms with Crippen LogP contribution in [0.1, 0.15) is 31.7 Å². The van der Waals surface area contributed by atoms with Gasteiger partial charge in [-0.2, -0.15) is 0 Å². The molecule has 3 rings (SSSR count). The molecule has 1 aliphatic rings. The highest BCUT2D eigenvalue weighted by atomic mass is 16.4. The molecule has 2 aromatic rings. The van der Waals surface area contributed by atoms with E-state index in [2.05, 4.69) is 15.6 Å². The molecular formula is C24H31N5O8. The third-order valence-electron chi connectivity index (χ3n) is 6.33. The number of aliphatic carboxylic acids is 2. The number of aromatic nitrogens is 1. The number of H-pyrrole nitrogens is 1. The molecule has 13 heteroatoms. The number of carbonyl (C=O) groups is 5. The summed E-state index contributed by atoms with van der Waals surface area (Å²) in [5, 5.41) is 34.4. The Morgan fingerprint density at radius 1 is 1.16 bits per heavy atom. The van der Waals surface area contributed by atoms with E-state index in [4.69, 9.17) is 10.8 Å². The van der Waals surface area contributed by atoms with Crippen LogP contribution in [0.15, 0.2) is 30.5 Å². The first-order valence-electron chi connectivity index (χ1n) is 11.8. The first-order chi connectivity index (χ1) is 17.5. The van der Waals surface area contributed by atoms with Crippen molar-refractivity contribution in [1.82, 2.24) is 20.5 Å². The van der Waals surface area contributed by atoms with E-state index >= 15 is 0 Å². The zero-order valence-corrected chi connectivity index (χ0v) is 20.2. The number of rotatable bonds is 11. The molecule has 0 spiro atoms. The number of fused-ring (bicyclic) bond motifs is 1. The molecule has 1 aromatic carbocycles. The number of aliphatic hydroxyl groups is 1. The summed E-state index contributed by atoms with van der Waals surface area (Å²) >= 11 is 0. The largest absolute Gasteiger partial charge is 0.481 e. The standard InChI is InChI=1S/C24H31N5O8/c1-12(30)20(28-21(33)18-7-4-8-29(18)23(35)15(25)10-19(31)32)22(34)27-17(24(36)37)9-13-11-26-16-6-3-2-5-14(13)16/h2-3,5-6,11-12,15,17-18,20,26,30H,4,7-10,25H2,1H3,(H,27,34)(H,28,33)(H,31,32)(H,36,37). The lowest BCUT2D eigenvalue weighted by Gasteiger charge is -2.29.